The fraction of sp³-hybridized carbons (Fsp3) is 0.632. The number of nitrogens with one attached hydrogen (secondary N) is 1. The first-order chi connectivity index (χ1) is 13.9. The Morgan fingerprint density at radius 2 is 1.97 bits per heavy atom. The molecule has 0 bridgehead atoms. The summed E-state index contributed by atoms with van der Waals surface area (Å²) in [7, 11) is 1.90. The predicted molar refractivity (Wildman–Crippen MR) is 135 cm³/mol. The van der Waals surface area contributed by atoms with Crippen LogP contribution in [-0.2, 0) is 16.6 Å². The molecule has 1 saturated heterocycles. The number of nitrogens with zero attached hydrogens (tertiary/aromatic N) is 3. The van der Waals surface area contributed by atoms with E-state index in [1.54, 1.807) is 30.3 Å². The summed E-state index contributed by atoms with van der Waals surface area (Å²) >= 11 is 1.79. The average Bonchev–Trinajstić information content (AvgIpc) is 2.73. The average molecular weight is 573 g/mol. The zero-order valence-corrected chi connectivity index (χ0v) is 22.1. The highest BCUT2D eigenvalue weighted by Crippen LogP contribution is 2.25. The summed E-state index contributed by atoms with van der Waals surface area (Å²) in [4.78, 5) is 6.49. The van der Waals surface area contributed by atoms with Crippen molar-refractivity contribution >= 4 is 51.7 Å². The Hall–Kier alpha value is -0.920. The summed E-state index contributed by atoms with van der Waals surface area (Å²) in [6.45, 7) is 4.65. The Morgan fingerprint density at radius 3 is 2.57 bits per heavy atom. The third-order valence-corrected chi connectivity index (χ3v) is 7.37. The van der Waals surface area contributed by atoms with E-state index in [1.807, 2.05) is 37.1 Å². The Kier molecular flexibility index (Phi) is 12.2. The molecular formula is C19H33IN4O4S2. The number of thioether (sulfide) groups is 1. The van der Waals surface area contributed by atoms with Gasteiger partial charge in [-0.2, -0.15) is 11.8 Å². The third kappa shape index (κ3) is 7.97. The van der Waals surface area contributed by atoms with Crippen LogP contribution in [0.4, 0.5) is 0 Å². The van der Waals surface area contributed by atoms with Gasteiger partial charge in [0.2, 0.25) is 10.0 Å². The highest BCUT2D eigenvalue weighted by molar-refractivity contribution is 14.0. The van der Waals surface area contributed by atoms with Crippen LogP contribution in [0.15, 0.2) is 23.2 Å². The number of aliphatic imine (C=N–C) groups is 1. The molecule has 1 heterocycles. The van der Waals surface area contributed by atoms with Gasteiger partial charge in [0.05, 0.1) is 26.5 Å². The molecule has 0 atom stereocenters. The summed E-state index contributed by atoms with van der Waals surface area (Å²) in [6, 6.07) is 5.69. The van der Waals surface area contributed by atoms with E-state index in [0.29, 0.717) is 32.1 Å². The first-order valence-corrected chi connectivity index (χ1v) is 12.4. The largest absolute Gasteiger partial charge is 0.497 e. The molecule has 0 spiro atoms. The normalized spacial score (nSPS) is 15.3. The molecule has 1 aliphatic heterocycles. The second kappa shape index (κ2) is 13.5. The van der Waals surface area contributed by atoms with E-state index in [9.17, 15) is 8.42 Å². The first-order valence-electron chi connectivity index (χ1n) is 9.67. The van der Waals surface area contributed by atoms with Gasteiger partial charge < -0.3 is 19.7 Å². The molecule has 1 fully saturated rings. The maximum absolute atomic E-state index is 12.5. The van der Waals surface area contributed by atoms with Gasteiger partial charge in [0, 0.05) is 56.4 Å². The molecule has 0 saturated carbocycles. The molecule has 8 nitrogen and oxygen atoms in total. The van der Waals surface area contributed by atoms with E-state index >= 15 is 0 Å². The fourth-order valence-corrected chi connectivity index (χ4v) is 5.46. The van der Waals surface area contributed by atoms with Gasteiger partial charge in [0.1, 0.15) is 11.5 Å². The van der Waals surface area contributed by atoms with Crippen molar-refractivity contribution in [2.45, 2.75) is 13.5 Å². The van der Waals surface area contributed by atoms with Crippen molar-refractivity contribution in [3.05, 3.63) is 23.8 Å². The van der Waals surface area contributed by atoms with Crippen LogP contribution >= 0.6 is 35.7 Å². The molecule has 0 aliphatic carbocycles. The molecule has 30 heavy (non-hydrogen) atoms. The van der Waals surface area contributed by atoms with Gasteiger partial charge in [0.15, 0.2) is 5.96 Å². The van der Waals surface area contributed by atoms with Crippen molar-refractivity contribution < 1.29 is 17.9 Å². The van der Waals surface area contributed by atoms with Crippen LogP contribution in [0.2, 0.25) is 0 Å². The molecular weight excluding hydrogens is 539 g/mol. The van der Waals surface area contributed by atoms with Crippen LogP contribution in [-0.4, -0.2) is 88.3 Å². The maximum Gasteiger partial charge on any atom is 0.215 e. The van der Waals surface area contributed by atoms with E-state index in [4.69, 9.17) is 9.47 Å². The first kappa shape index (κ1) is 27.1. The number of ether oxygens (including phenoxy) is 2. The molecule has 1 aliphatic rings. The van der Waals surface area contributed by atoms with Crippen molar-refractivity contribution in [3.63, 3.8) is 0 Å². The molecule has 11 heteroatoms. The predicted octanol–water partition coefficient (Wildman–Crippen LogP) is 2.10. The van der Waals surface area contributed by atoms with Crippen molar-refractivity contribution in [2.75, 3.05) is 64.7 Å². The topological polar surface area (TPSA) is 83.5 Å². The monoisotopic (exact) mass is 572 g/mol. The summed E-state index contributed by atoms with van der Waals surface area (Å²) in [5.74, 6) is 3.86. The second-order valence-electron chi connectivity index (χ2n) is 6.60. The lowest BCUT2D eigenvalue weighted by molar-refractivity contribution is 0.382. The van der Waals surface area contributed by atoms with Crippen LogP contribution in [0.25, 0.3) is 0 Å². The summed E-state index contributed by atoms with van der Waals surface area (Å²) in [5.41, 5.74) is 0.986. The minimum Gasteiger partial charge on any atom is -0.497 e. The van der Waals surface area contributed by atoms with Crippen molar-refractivity contribution in [2.24, 2.45) is 4.99 Å². The lowest BCUT2D eigenvalue weighted by Crippen LogP contribution is -2.41. The van der Waals surface area contributed by atoms with Gasteiger partial charge >= 0.3 is 0 Å². The van der Waals surface area contributed by atoms with Gasteiger partial charge in [-0.3, -0.25) is 4.99 Å². The molecule has 0 radical (unpaired) electrons. The van der Waals surface area contributed by atoms with E-state index in [2.05, 4.69) is 10.3 Å². The minimum absolute atomic E-state index is 0. The quantitative estimate of drug-likeness (QED) is 0.276. The van der Waals surface area contributed by atoms with Crippen LogP contribution < -0.4 is 14.8 Å². The number of sulfonamides is 1. The molecule has 2 rings (SSSR count). The smallest absolute Gasteiger partial charge is 0.215 e. The minimum atomic E-state index is -3.26. The summed E-state index contributed by atoms with van der Waals surface area (Å²) in [5, 5.41) is 3.23. The van der Waals surface area contributed by atoms with Crippen LogP contribution in [0, 0.1) is 0 Å². The summed E-state index contributed by atoms with van der Waals surface area (Å²) in [6.07, 6.45) is 0. The Bertz CT molecular complexity index is 787. The third-order valence-electron chi connectivity index (χ3n) is 4.57. The van der Waals surface area contributed by atoms with E-state index in [1.165, 1.54) is 0 Å². The zero-order chi connectivity index (χ0) is 21.3. The van der Waals surface area contributed by atoms with Crippen LogP contribution in [0.1, 0.15) is 12.5 Å². The fourth-order valence-electron chi connectivity index (χ4n) is 3.00. The molecule has 172 valence electrons. The molecule has 1 aromatic carbocycles. The highest BCUT2D eigenvalue weighted by Gasteiger charge is 2.23. The number of halogens is 1. The number of hydrogen-bond acceptors (Lipinski definition) is 6. The van der Waals surface area contributed by atoms with Crippen molar-refractivity contribution in [1.82, 2.24) is 14.5 Å². The SMILES string of the molecule is CCNC(=NCCS(=O)(=O)N1CCSCC1)N(C)Cc1ccc(OC)cc1OC.I. The van der Waals surface area contributed by atoms with Crippen LogP contribution in [0.5, 0.6) is 11.5 Å². The van der Waals surface area contributed by atoms with E-state index < -0.39 is 10.0 Å². The van der Waals surface area contributed by atoms with Gasteiger partial charge in [-0.25, -0.2) is 12.7 Å². The van der Waals surface area contributed by atoms with Crippen LogP contribution in [0.3, 0.4) is 0 Å². The molecule has 0 aromatic heterocycles. The van der Waals surface area contributed by atoms with E-state index in [-0.39, 0.29) is 36.3 Å². The van der Waals surface area contributed by atoms with Gasteiger partial charge in [-0.05, 0) is 19.1 Å². The molecule has 0 amide bonds. The number of hydrogen-bond donors (Lipinski definition) is 1. The van der Waals surface area contributed by atoms with Crippen molar-refractivity contribution in [1.29, 1.82) is 0 Å². The maximum atomic E-state index is 12.5. The molecule has 1 N–H and O–H groups in total. The number of guanidine groups is 1. The standard InChI is InChI=1S/C19H32N4O4S2.HI/c1-5-20-19(21-8-13-29(24,25)23-9-11-28-12-10-23)22(2)15-16-6-7-17(26-3)14-18(16)27-4;/h6-7,14H,5,8-13,15H2,1-4H3,(H,20,21);1H. The number of rotatable bonds is 9. The van der Waals surface area contributed by atoms with Gasteiger partial charge in [-0.15, -0.1) is 24.0 Å². The molecule has 0 unspecified atom stereocenters. The number of benzene rings is 1. The van der Waals surface area contributed by atoms with Gasteiger partial charge in [-0.1, -0.05) is 0 Å². The van der Waals surface area contributed by atoms with Crippen molar-refractivity contribution in [3.8, 4) is 11.5 Å². The second-order valence-corrected chi connectivity index (χ2v) is 9.91. The molecule has 1 aromatic rings. The zero-order valence-electron chi connectivity index (χ0n) is 18.1. The Morgan fingerprint density at radius 1 is 1.27 bits per heavy atom. The Balaban J connectivity index is 0.00000450. The summed E-state index contributed by atoms with van der Waals surface area (Å²) < 4.78 is 37.3. The van der Waals surface area contributed by atoms with E-state index in [0.717, 1.165) is 28.6 Å². The lowest BCUT2D eigenvalue weighted by Gasteiger charge is -2.26. The lowest BCUT2D eigenvalue weighted by atomic mass is 10.2. The van der Waals surface area contributed by atoms with Gasteiger partial charge in [0.25, 0.3) is 0 Å². The highest BCUT2D eigenvalue weighted by atomic mass is 127. The Labute approximate surface area is 201 Å². The number of methoxy groups -OCH3 is 2.